The van der Waals surface area contributed by atoms with Gasteiger partial charge in [-0.15, -0.1) is 21.5 Å². The Bertz CT molecular complexity index is 673. The molecule has 0 bridgehead atoms. The summed E-state index contributed by atoms with van der Waals surface area (Å²) in [5, 5.41) is 10.5. The summed E-state index contributed by atoms with van der Waals surface area (Å²) in [6.07, 6.45) is 2.35. The molecule has 0 N–H and O–H groups in total. The molecule has 0 radical (unpaired) electrons. The van der Waals surface area contributed by atoms with Gasteiger partial charge in [0.15, 0.2) is 11.5 Å². The Hall–Kier alpha value is -1.66. The second-order valence-electron chi connectivity index (χ2n) is 5.71. The number of likely N-dealkylation sites (tertiary alicyclic amines) is 1. The lowest BCUT2D eigenvalue weighted by molar-refractivity contribution is 0.163. The van der Waals surface area contributed by atoms with Crippen LogP contribution in [0.5, 0.6) is 11.5 Å². The first kappa shape index (κ1) is 14.0. The van der Waals surface area contributed by atoms with E-state index in [1.165, 1.54) is 12.0 Å². The lowest BCUT2D eigenvalue weighted by Gasteiger charge is -2.28. The molecule has 1 saturated heterocycles. The molecule has 116 valence electrons. The van der Waals surface area contributed by atoms with Gasteiger partial charge in [0.2, 0.25) is 0 Å². The van der Waals surface area contributed by atoms with E-state index >= 15 is 0 Å². The highest BCUT2D eigenvalue weighted by Gasteiger charge is 2.31. The highest BCUT2D eigenvalue weighted by atomic mass is 32.1. The monoisotopic (exact) mass is 317 g/mol. The minimum absolute atomic E-state index is 0.376. The molecule has 3 heterocycles. The first-order chi connectivity index (χ1) is 10.8. The molecular formula is C16H19N3O2S. The van der Waals surface area contributed by atoms with E-state index in [4.69, 9.17) is 9.47 Å². The van der Waals surface area contributed by atoms with Crippen molar-refractivity contribution in [3.63, 3.8) is 0 Å². The van der Waals surface area contributed by atoms with Crippen molar-refractivity contribution in [1.82, 2.24) is 15.1 Å². The van der Waals surface area contributed by atoms with Gasteiger partial charge in [-0.2, -0.15) is 0 Å². The van der Waals surface area contributed by atoms with Gasteiger partial charge in [-0.05, 0) is 32.4 Å². The highest BCUT2D eigenvalue weighted by molar-refractivity contribution is 7.11. The van der Waals surface area contributed by atoms with Crippen LogP contribution in [0.2, 0.25) is 0 Å². The van der Waals surface area contributed by atoms with E-state index in [-0.39, 0.29) is 0 Å². The number of hydrogen-bond acceptors (Lipinski definition) is 6. The molecule has 2 aromatic rings. The van der Waals surface area contributed by atoms with E-state index in [0.29, 0.717) is 19.3 Å². The average Bonchev–Trinajstić information content (AvgIpc) is 3.16. The Labute approximate surface area is 133 Å². The second-order valence-corrected chi connectivity index (χ2v) is 6.98. The number of aryl methyl sites for hydroxylation is 1. The van der Waals surface area contributed by atoms with Crippen LogP contribution in [0.25, 0.3) is 0 Å². The molecule has 0 spiro atoms. The zero-order valence-corrected chi connectivity index (χ0v) is 13.4. The van der Waals surface area contributed by atoms with Crippen LogP contribution in [-0.4, -0.2) is 34.9 Å². The Balaban J connectivity index is 1.61. The number of nitrogens with zero attached hydrogens (tertiary/aromatic N) is 3. The van der Waals surface area contributed by atoms with E-state index in [0.717, 1.165) is 41.0 Å². The molecule has 1 aromatic carbocycles. The summed E-state index contributed by atoms with van der Waals surface area (Å²) >= 11 is 1.68. The third-order valence-corrected chi connectivity index (χ3v) is 5.05. The number of hydrogen-bond donors (Lipinski definition) is 0. The standard InChI is InChI=1S/C16H19N3O2S/c1-11-17-18-15(22-11)10-19-7-3-5-13(19)12-4-2-6-14-16(12)21-9-8-20-14/h2,4,6,13H,3,5,7-10H2,1H3/t13-/m1/s1. The van der Waals surface area contributed by atoms with Crippen molar-refractivity contribution >= 4 is 11.3 Å². The van der Waals surface area contributed by atoms with Crippen molar-refractivity contribution in [3.05, 3.63) is 33.8 Å². The second kappa shape index (κ2) is 5.85. The van der Waals surface area contributed by atoms with Crippen molar-refractivity contribution < 1.29 is 9.47 Å². The molecule has 22 heavy (non-hydrogen) atoms. The van der Waals surface area contributed by atoms with Crippen molar-refractivity contribution in [2.45, 2.75) is 32.4 Å². The summed E-state index contributed by atoms with van der Waals surface area (Å²) in [5.74, 6) is 1.81. The minimum atomic E-state index is 0.376. The molecule has 5 nitrogen and oxygen atoms in total. The Morgan fingerprint density at radius 1 is 1.27 bits per heavy atom. The van der Waals surface area contributed by atoms with Gasteiger partial charge in [0.1, 0.15) is 23.2 Å². The molecule has 0 amide bonds. The van der Waals surface area contributed by atoms with Crippen LogP contribution < -0.4 is 9.47 Å². The van der Waals surface area contributed by atoms with E-state index in [2.05, 4.69) is 27.2 Å². The molecule has 6 heteroatoms. The van der Waals surface area contributed by atoms with Crippen molar-refractivity contribution in [2.75, 3.05) is 19.8 Å². The first-order valence-corrected chi connectivity index (χ1v) is 8.54. The van der Waals surface area contributed by atoms with Crippen molar-refractivity contribution in [3.8, 4) is 11.5 Å². The largest absolute Gasteiger partial charge is 0.486 e. The van der Waals surface area contributed by atoms with Crippen LogP contribution in [0.3, 0.4) is 0 Å². The molecule has 1 atom stereocenters. The summed E-state index contributed by atoms with van der Waals surface area (Å²) in [7, 11) is 0. The number of para-hydroxylation sites is 1. The van der Waals surface area contributed by atoms with Gasteiger partial charge in [0.25, 0.3) is 0 Å². The number of aromatic nitrogens is 2. The van der Waals surface area contributed by atoms with Crippen LogP contribution in [0.4, 0.5) is 0 Å². The molecular weight excluding hydrogens is 298 g/mol. The Kier molecular flexibility index (Phi) is 3.72. The SMILES string of the molecule is Cc1nnc(CN2CCC[C@@H]2c2cccc3c2OCCO3)s1. The lowest BCUT2D eigenvalue weighted by Crippen LogP contribution is -2.24. The van der Waals surface area contributed by atoms with Crippen LogP contribution in [-0.2, 0) is 6.54 Å². The van der Waals surface area contributed by atoms with Crippen LogP contribution >= 0.6 is 11.3 Å². The van der Waals surface area contributed by atoms with Crippen LogP contribution in [0, 0.1) is 6.92 Å². The third kappa shape index (κ3) is 2.57. The number of rotatable bonds is 3. The van der Waals surface area contributed by atoms with E-state index in [9.17, 15) is 0 Å². The van der Waals surface area contributed by atoms with E-state index in [1.807, 2.05) is 13.0 Å². The zero-order valence-electron chi connectivity index (χ0n) is 12.6. The summed E-state index contributed by atoms with van der Waals surface area (Å²) in [4.78, 5) is 2.48. The van der Waals surface area contributed by atoms with Gasteiger partial charge in [0.05, 0.1) is 6.54 Å². The summed E-state index contributed by atoms with van der Waals surface area (Å²) in [5.41, 5.74) is 1.25. The smallest absolute Gasteiger partial charge is 0.166 e. The van der Waals surface area contributed by atoms with Crippen molar-refractivity contribution in [1.29, 1.82) is 0 Å². The fourth-order valence-corrected chi connectivity index (χ4v) is 4.04. The average molecular weight is 317 g/mol. The molecule has 2 aliphatic heterocycles. The molecule has 1 aromatic heterocycles. The fourth-order valence-electron chi connectivity index (χ4n) is 3.30. The molecule has 4 rings (SSSR count). The number of fused-ring (bicyclic) bond motifs is 1. The van der Waals surface area contributed by atoms with Gasteiger partial charge < -0.3 is 9.47 Å². The molecule has 0 saturated carbocycles. The topological polar surface area (TPSA) is 47.5 Å². The molecule has 0 unspecified atom stereocenters. The molecule has 0 aliphatic carbocycles. The summed E-state index contributed by atoms with van der Waals surface area (Å²) < 4.78 is 11.6. The number of benzene rings is 1. The van der Waals surface area contributed by atoms with Gasteiger partial charge in [-0.25, -0.2) is 0 Å². The third-order valence-electron chi connectivity index (χ3n) is 4.23. The Morgan fingerprint density at radius 3 is 3.05 bits per heavy atom. The maximum atomic E-state index is 5.89. The van der Waals surface area contributed by atoms with Gasteiger partial charge in [0, 0.05) is 11.6 Å². The Morgan fingerprint density at radius 2 is 2.18 bits per heavy atom. The lowest BCUT2D eigenvalue weighted by atomic mass is 10.0. The maximum absolute atomic E-state index is 5.89. The van der Waals surface area contributed by atoms with Gasteiger partial charge in [-0.1, -0.05) is 12.1 Å². The zero-order chi connectivity index (χ0) is 14.9. The first-order valence-electron chi connectivity index (χ1n) is 7.73. The van der Waals surface area contributed by atoms with Crippen LogP contribution in [0.1, 0.15) is 34.5 Å². The maximum Gasteiger partial charge on any atom is 0.166 e. The minimum Gasteiger partial charge on any atom is -0.486 e. The predicted octanol–water partition coefficient (Wildman–Crippen LogP) is 2.95. The van der Waals surface area contributed by atoms with Gasteiger partial charge in [-0.3, -0.25) is 4.90 Å². The molecule has 1 fully saturated rings. The van der Waals surface area contributed by atoms with Crippen LogP contribution in [0.15, 0.2) is 18.2 Å². The molecule has 2 aliphatic rings. The predicted molar refractivity (Wildman–Crippen MR) is 84.5 cm³/mol. The normalized spacial score (nSPS) is 21.2. The quantitative estimate of drug-likeness (QED) is 0.871. The van der Waals surface area contributed by atoms with E-state index < -0.39 is 0 Å². The fraction of sp³-hybridized carbons (Fsp3) is 0.500. The van der Waals surface area contributed by atoms with E-state index in [1.54, 1.807) is 11.3 Å². The highest BCUT2D eigenvalue weighted by Crippen LogP contribution is 2.43. The number of ether oxygens (including phenoxy) is 2. The van der Waals surface area contributed by atoms with Gasteiger partial charge >= 0.3 is 0 Å². The van der Waals surface area contributed by atoms with Crippen molar-refractivity contribution in [2.24, 2.45) is 0 Å². The summed E-state index contributed by atoms with van der Waals surface area (Å²) in [6, 6.07) is 6.60. The summed E-state index contributed by atoms with van der Waals surface area (Å²) in [6.45, 7) is 5.22.